The number of halogens is 1. The molecule has 100 valence electrons. The first-order valence-corrected chi connectivity index (χ1v) is 7.53. The van der Waals surface area contributed by atoms with Gasteiger partial charge < -0.3 is 5.32 Å². The van der Waals surface area contributed by atoms with Crippen LogP contribution in [0, 0.1) is 0 Å². The van der Waals surface area contributed by atoms with Crippen LogP contribution in [0.5, 0.6) is 0 Å². The highest BCUT2D eigenvalue weighted by Gasteiger charge is 2.02. The maximum absolute atomic E-state index is 6.11. The molecule has 0 fully saturated rings. The molecular formula is C14H16ClN3S. The van der Waals surface area contributed by atoms with E-state index in [0.29, 0.717) is 0 Å². The molecule has 0 saturated heterocycles. The van der Waals surface area contributed by atoms with E-state index in [1.54, 1.807) is 11.8 Å². The minimum atomic E-state index is 0.778. The molecule has 1 heterocycles. The maximum atomic E-state index is 6.11. The Morgan fingerprint density at radius 2 is 1.95 bits per heavy atom. The van der Waals surface area contributed by atoms with Crippen molar-refractivity contribution in [3.05, 3.63) is 52.8 Å². The molecule has 0 bridgehead atoms. The topological polar surface area (TPSA) is 37.8 Å². The molecule has 0 radical (unpaired) electrons. The molecule has 2 aromatic rings. The number of benzene rings is 1. The van der Waals surface area contributed by atoms with Crippen LogP contribution in [0.1, 0.15) is 18.1 Å². The molecule has 1 aromatic heterocycles. The summed E-state index contributed by atoms with van der Waals surface area (Å²) < 4.78 is 0. The molecule has 2 rings (SSSR count). The molecule has 19 heavy (non-hydrogen) atoms. The maximum Gasteiger partial charge on any atom is 0.187 e. The Hall–Kier alpha value is -1.10. The Bertz CT molecular complexity index is 516. The number of thioether (sulfide) groups is 1. The summed E-state index contributed by atoms with van der Waals surface area (Å²) in [7, 11) is 0. The third-order valence-electron chi connectivity index (χ3n) is 2.58. The van der Waals surface area contributed by atoms with Gasteiger partial charge in [-0.05, 0) is 18.2 Å². The van der Waals surface area contributed by atoms with E-state index in [9.17, 15) is 0 Å². The van der Waals surface area contributed by atoms with Gasteiger partial charge in [0.05, 0.1) is 0 Å². The molecule has 0 aliphatic rings. The summed E-state index contributed by atoms with van der Waals surface area (Å²) in [5, 5.41) is 4.81. The van der Waals surface area contributed by atoms with Crippen LogP contribution >= 0.6 is 23.4 Å². The smallest absolute Gasteiger partial charge is 0.187 e. The first-order valence-electron chi connectivity index (χ1n) is 6.17. The third-order valence-corrected chi connectivity index (χ3v) is 3.87. The lowest BCUT2D eigenvalue weighted by atomic mass is 10.2. The van der Waals surface area contributed by atoms with E-state index < -0.39 is 0 Å². The molecular weight excluding hydrogens is 278 g/mol. The zero-order valence-corrected chi connectivity index (χ0v) is 12.3. The van der Waals surface area contributed by atoms with Crippen molar-refractivity contribution >= 4 is 23.4 Å². The normalized spacial score (nSPS) is 10.6. The van der Waals surface area contributed by atoms with E-state index in [4.69, 9.17) is 11.6 Å². The molecule has 3 nitrogen and oxygen atoms in total. The second-order valence-corrected chi connectivity index (χ2v) is 5.38. The molecule has 0 spiro atoms. The summed E-state index contributed by atoms with van der Waals surface area (Å²) in [6.07, 6.45) is 3.73. The number of nitrogens with one attached hydrogen (secondary N) is 1. The van der Waals surface area contributed by atoms with E-state index in [-0.39, 0.29) is 0 Å². The van der Waals surface area contributed by atoms with Crippen LogP contribution in [-0.2, 0) is 12.3 Å². The third kappa shape index (κ3) is 4.49. The molecule has 0 atom stereocenters. The fourth-order valence-electron chi connectivity index (χ4n) is 1.54. The first kappa shape index (κ1) is 14.3. The Labute approximate surface area is 122 Å². The Balaban J connectivity index is 1.91. The lowest BCUT2D eigenvalue weighted by Crippen LogP contribution is -2.12. The van der Waals surface area contributed by atoms with E-state index in [0.717, 1.165) is 40.1 Å². The molecule has 1 aromatic carbocycles. The van der Waals surface area contributed by atoms with Gasteiger partial charge in [0.1, 0.15) is 0 Å². The quantitative estimate of drug-likeness (QED) is 0.653. The van der Waals surface area contributed by atoms with Crippen molar-refractivity contribution in [1.29, 1.82) is 0 Å². The molecule has 0 aliphatic carbocycles. The highest BCUT2D eigenvalue weighted by molar-refractivity contribution is 7.98. The van der Waals surface area contributed by atoms with Crippen molar-refractivity contribution in [1.82, 2.24) is 15.3 Å². The number of aromatic nitrogens is 2. The van der Waals surface area contributed by atoms with Gasteiger partial charge in [-0.3, -0.25) is 0 Å². The molecule has 1 N–H and O–H groups in total. The fourth-order valence-corrected chi connectivity index (χ4v) is 2.61. The molecule has 5 heteroatoms. The van der Waals surface area contributed by atoms with Crippen LogP contribution in [0.15, 0.2) is 41.8 Å². The summed E-state index contributed by atoms with van der Waals surface area (Å²) in [5.41, 5.74) is 2.21. The van der Waals surface area contributed by atoms with Gasteiger partial charge in [-0.1, -0.05) is 48.5 Å². The van der Waals surface area contributed by atoms with E-state index >= 15 is 0 Å². The highest BCUT2D eigenvalue weighted by Crippen LogP contribution is 2.23. The van der Waals surface area contributed by atoms with Gasteiger partial charge >= 0.3 is 0 Å². The zero-order chi connectivity index (χ0) is 13.5. The van der Waals surface area contributed by atoms with Crippen LogP contribution in [-0.4, -0.2) is 16.5 Å². The molecule has 0 unspecified atom stereocenters. The van der Waals surface area contributed by atoms with Gasteiger partial charge in [-0.15, -0.1) is 0 Å². The van der Waals surface area contributed by atoms with Crippen molar-refractivity contribution in [2.45, 2.75) is 24.4 Å². The summed E-state index contributed by atoms with van der Waals surface area (Å²) in [5.74, 6) is 0.784. The van der Waals surface area contributed by atoms with Crippen molar-refractivity contribution in [2.75, 3.05) is 6.54 Å². The van der Waals surface area contributed by atoms with E-state index in [1.807, 2.05) is 36.7 Å². The monoisotopic (exact) mass is 293 g/mol. The predicted molar refractivity (Wildman–Crippen MR) is 80.4 cm³/mol. The number of hydrogen-bond donors (Lipinski definition) is 1. The van der Waals surface area contributed by atoms with Crippen molar-refractivity contribution in [2.24, 2.45) is 0 Å². The minimum absolute atomic E-state index is 0.778. The molecule has 0 amide bonds. The SMILES string of the molecule is CCNCc1cnc(SCc2ccccc2Cl)nc1. The number of rotatable bonds is 6. The fraction of sp³-hybridized carbons (Fsp3) is 0.286. The summed E-state index contributed by atoms with van der Waals surface area (Å²) in [6.45, 7) is 3.84. The largest absolute Gasteiger partial charge is 0.313 e. The lowest BCUT2D eigenvalue weighted by molar-refractivity contribution is 0.716. The average Bonchev–Trinajstić information content (AvgIpc) is 2.45. The Kier molecular flexibility index (Phi) is 5.63. The predicted octanol–water partition coefficient (Wildman–Crippen LogP) is 3.53. The van der Waals surface area contributed by atoms with Crippen molar-refractivity contribution in [3.63, 3.8) is 0 Å². The van der Waals surface area contributed by atoms with Crippen LogP contribution < -0.4 is 5.32 Å². The summed E-state index contributed by atoms with van der Waals surface area (Å²) in [4.78, 5) is 8.69. The highest BCUT2D eigenvalue weighted by atomic mass is 35.5. The zero-order valence-electron chi connectivity index (χ0n) is 10.8. The number of nitrogens with zero attached hydrogens (tertiary/aromatic N) is 2. The second-order valence-electron chi connectivity index (χ2n) is 4.03. The Morgan fingerprint density at radius 3 is 2.63 bits per heavy atom. The van der Waals surface area contributed by atoms with Gasteiger partial charge in [0.2, 0.25) is 0 Å². The lowest BCUT2D eigenvalue weighted by Gasteiger charge is -2.04. The van der Waals surface area contributed by atoms with E-state index in [1.165, 1.54) is 0 Å². The van der Waals surface area contributed by atoms with Gasteiger partial charge in [-0.2, -0.15) is 0 Å². The van der Waals surface area contributed by atoms with E-state index in [2.05, 4.69) is 22.2 Å². The molecule has 0 saturated carbocycles. The first-order chi connectivity index (χ1) is 9.29. The van der Waals surface area contributed by atoms with Crippen molar-refractivity contribution in [3.8, 4) is 0 Å². The second kappa shape index (κ2) is 7.48. The molecule has 0 aliphatic heterocycles. The summed E-state index contributed by atoms with van der Waals surface area (Å²) in [6, 6.07) is 7.84. The minimum Gasteiger partial charge on any atom is -0.313 e. The standard InChI is InChI=1S/C14H16ClN3S/c1-2-16-7-11-8-17-14(18-9-11)19-10-12-5-3-4-6-13(12)15/h3-6,8-9,16H,2,7,10H2,1H3. The van der Waals surface area contributed by atoms with Crippen LogP contribution in [0.3, 0.4) is 0 Å². The number of hydrogen-bond acceptors (Lipinski definition) is 4. The van der Waals surface area contributed by atoms with Crippen molar-refractivity contribution < 1.29 is 0 Å². The Morgan fingerprint density at radius 1 is 1.21 bits per heavy atom. The van der Waals surface area contributed by atoms with Crippen LogP contribution in [0.25, 0.3) is 0 Å². The summed E-state index contributed by atoms with van der Waals surface area (Å²) >= 11 is 7.70. The van der Waals surface area contributed by atoms with Crippen LogP contribution in [0.4, 0.5) is 0 Å². The average molecular weight is 294 g/mol. The van der Waals surface area contributed by atoms with Gasteiger partial charge in [0, 0.05) is 35.3 Å². The van der Waals surface area contributed by atoms with Gasteiger partial charge in [0.15, 0.2) is 5.16 Å². The van der Waals surface area contributed by atoms with Gasteiger partial charge in [-0.25, -0.2) is 9.97 Å². The van der Waals surface area contributed by atoms with Crippen LogP contribution in [0.2, 0.25) is 5.02 Å². The van der Waals surface area contributed by atoms with Gasteiger partial charge in [0.25, 0.3) is 0 Å².